The molecule has 1 aromatic carbocycles. The number of nitrogens with zero attached hydrogens (tertiary/aromatic N) is 2. The van der Waals surface area contributed by atoms with E-state index in [1.54, 1.807) is 0 Å². The monoisotopic (exact) mass is 269 g/mol. The molecule has 1 fully saturated rings. The standard InChI is InChI=1S/C17H23N3/c1-11(2)10-20-16(18)15(19-17(20)13-7-8-13)14-6-4-5-12(3)9-14/h4-6,9,11,13H,7-8,10,18H2,1-3H3. The van der Waals surface area contributed by atoms with E-state index in [-0.39, 0.29) is 0 Å². The van der Waals surface area contributed by atoms with Crippen molar-refractivity contribution in [2.75, 3.05) is 5.73 Å². The fourth-order valence-electron chi connectivity index (χ4n) is 2.70. The third-order valence-electron chi connectivity index (χ3n) is 3.82. The summed E-state index contributed by atoms with van der Waals surface area (Å²) in [6.07, 6.45) is 2.50. The molecule has 20 heavy (non-hydrogen) atoms. The summed E-state index contributed by atoms with van der Waals surface area (Å²) in [4.78, 5) is 4.87. The van der Waals surface area contributed by atoms with Crippen LogP contribution < -0.4 is 5.73 Å². The van der Waals surface area contributed by atoms with Crippen LogP contribution in [-0.4, -0.2) is 9.55 Å². The Morgan fingerprint density at radius 2 is 2.10 bits per heavy atom. The lowest BCUT2D eigenvalue weighted by Gasteiger charge is -2.11. The fraction of sp³-hybridized carbons (Fsp3) is 0.471. The van der Waals surface area contributed by atoms with Gasteiger partial charge in [0.05, 0.1) is 0 Å². The highest BCUT2D eigenvalue weighted by Gasteiger charge is 2.31. The van der Waals surface area contributed by atoms with Gasteiger partial charge in [-0.25, -0.2) is 4.98 Å². The van der Waals surface area contributed by atoms with Crippen LogP contribution in [0.2, 0.25) is 0 Å². The highest BCUT2D eigenvalue weighted by molar-refractivity contribution is 5.71. The second-order valence-electron chi connectivity index (χ2n) is 6.35. The molecule has 106 valence electrons. The molecule has 3 nitrogen and oxygen atoms in total. The molecule has 0 bridgehead atoms. The van der Waals surface area contributed by atoms with Gasteiger partial charge < -0.3 is 10.3 Å². The van der Waals surface area contributed by atoms with Crippen molar-refractivity contribution in [3.8, 4) is 11.3 Å². The van der Waals surface area contributed by atoms with E-state index < -0.39 is 0 Å². The molecule has 1 aromatic heterocycles. The van der Waals surface area contributed by atoms with Gasteiger partial charge in [0.25, 0.3) is 0 Å². The second kappa shape index (κ2) is 4.97. The normalized spacial score (nSPS) is 15.0. The Bertz CT molecular complexity index is 621. The van der Waals surface area contributed by atoms with Crippen molar-refractivity contribution in [1.82, 2.24) is 9.55 Å². The molecule has 3 rings (SSSR count). The number of rotatable bonds is 4. The van der Waals surface area contributed by atoms with Gasteiger partial charge in [-0.15, -0.1) is 0 Å². The summed E-state index contributed by atoms with van der Waals surface area (Å²) in [7, 11) is 0. The summed E-state index contributed by atoms with van der Waals surface area (Å²) in [5.74, 6) is 3.21. The summed E-state index contributed by atoms with van der Waals surface area (Å²) in [5.41, 5.74) is 9.73. The van der Waals surface area contributed by atoms with Gasteiger partial charge >= 0.3 is 0 Å². The first-order valence-electron chi connectivity index (χ1n) is 7.49. The van der Waals surface area contributed by atoms with E-state index in [1.165, 1.54) is 24.2 Å². The topological polar surface area (TPSA) is 43.8 Å². The minimum atomic E-state index is 0.578. The summed E-state index contributed by atoms with van der Waals surface area (Å²) in [6, 6.07) is 8.44. The minimum absolute atomic E-state index is 0.578. The molecule has 2 N–H and O–H groups in total. The number of hydrogen-bond acceptors (Lipinski definition) is 2. The summed E-state index contributed by atoms with van der Waals surface area (Å²) < 4.78 is 2.24. The summed E-state index contributed by atoms with van der Waals surface area (Å²) in [6.45, 7) is 7.51. The lowest BCUT2D eigenvalue weighted by atomic mass is 10.1. The van der Waals surface area contributed by atoms with Crippen molar-refractivity contribution in [3.05, 3.63) is 35.7 Å². The van der Waals surface area contributed by atoms with Crippen LogP contribution in [0.3, 0.4) is 0 Å². The molecular formula is C17H23N3. The lowest BCUT2D eigenvalue weighted by Crippen LogP contribution is -2.10. The quantitative estimate of drug-likeness (QED) is 0.912. The van der Waals surface area contributed by atoms with E-state index in [0.29, 0.717) is 11.8 Å². The van der Waals surface area contributed by atoms with Crippen LogP contribution in [-0.2, 0) is 6.54 Å². The number of benzene rings is 1. The van der Waals surface area contributed by atoms with Crippen molar-refractivity contribution in [2.24, 2.45) is 5.92 Å². The third-order valence-corrected chi connectivity index (χ3v) is 3.82. The molecule has 0 spiro atoms. The summed E-state index contributed by atoms with van der Waals surface area (Å²) in [5, 5.41) is 0. The van der Waals surface area contributed by atoms with E-state index in [2.05, 4.69) is 49.6 Å². The van der Waals surface area contributed by atoms with E-state index in [1.807, 2.05) is 0 Å². The van der Waals surface area contributed by atoms with Crippen LogP contribution in [0.25, 0.3) is 11.3 Å². The van der Waals surface area contributed by atoms with Gasteiger partial charge in [-0.2, -0.15) is 0 Å². The first-order chi connectivity index (χ1) is 9.56. The number of aryl methyl sites for hydroxylation is 1. The smallest absolute Gasteiger partial charge is 0.131 e. The Balaban J connectivity index is 2.07. The maximum atomic E-state index is 6.40. The molecule has 0 amide bonds. The van der Waals surface area contributed by atoms with E-state index in [0.717, 1.165) is 23.6 Å². The number of hydrogen-bond donors (Lipinski definition) is 1. The van der Waals surface area contributed by atoms with Gasteiger partial charge in [-0.05, 0) is 31.7 Å². The van der Waals surface area contributed by atoms with Crippen LogP contribution in [0, 0.1) is 12.8 Å². The van der Waals surface area contributed by atoms with Gasteiger partial charge in [0.1, 0.15) is 17.3 Å². The highest BCUT2D eigenvalue weighted by Crippen LogP contribution is 2.42. The lowest BCUT2D eigenvalue weighted by molar-refractivity contribution is 0.512. The van der Waals surface area contributed by atoms with Crippen LogP contribution in [0.1, 0.15) is 44.0 Å². The minimum Gasteiger partial charge on any atom is -0.383 e. The van der Waals surface area contributed by atoms with Crippen molar-refractivity contribution >= 4 is 5.82 Å². The fourth-order valence-corrected chi connectivity index (χ4v) is 2.70. The van der Waals surface area contributed by atoms with Crippen LogP contribution >= 0.6 is 0 Å². The van der Waals surface area contributed by atoms with Crippen molar-refractivity contribution < 1.29 is 0 Å². The molecule has 0 saturated heterocycles. The number of aromatic nitrogens is 2. The van der Waals surface area contributed by atoms with E-state index >= 15 is 0 Å². The Hall–Kier alpha value is -1.77. The van der Waals surface area contributed by atoms with Crippen molar-refractivity contribution in [1.29, 1.82) is 0 Å². The van der Waals surface area contributed by atoms with Gasteiger partial charge in [0.15, 0.2) is 0 Å². The zero-order valence-corrected chi connectivity index (χ0v) is 12.6. The molecule has 1 heterocycles. The van der Waals surface area contributed by atoms with Gasteiger partial charge in [-0.1, -0.05) is 37.6 Å². The highest BCUT2D eigenvalue weighted by atomic mass is 15.2. The molecule has 1 aliphatic carbocycles. The largest absolute Gasteiger partial charge is 0.383 e. The molecule has 1 saturated carbocycles. The van der Waals surface area contributed by atoms with Gasteiger partial charge in [-0.3, -0.25) is 0 Å². The number of imidazole rings is 1. The van der Waals surface area contributed by atoms with Gasteiger partial charge in [0, 0.05) is 18.0 Å². The predicted molar refractivity (Wildman–Crippen MR) is 83.6 cm³/mol. The van der Waals surface area contributed by atoms with E-state index in [4.69, 9.17) is 10.7 Å². The molecule has 0 aliphatic heterocycles. The Labute approximate surface area is 120 Å². The summed E-state index contributed by atoms with van der Waals surface area (Å²) >= 11 is 0. The maximum Gasteiger partial charge on any atom is 0.131 e. The second-order valence-corrected chi connectivity index (χ2v) is 6.35. The van der Waals surface area contributed by atoms with Crippen molar-refractivity contribution in [2.45, 2.75) is 46.1 Å². The zero-order valence-electron chi connectivity index (χ0n) is 12.6. The Morgan fingerprint density at radius 1 is 1.35 bits per heavy atom. The van der Waals surface area contributed by atoms with Crippen molar-refractivity contribution in [3.63, 3.8) is 0 Å². The first kappa shape index (κ1) is 13.2. The Kier molecular flexibility index (Phi) is 3.28. The number of anilines is 1. The average Bonchev–Trinajstić information content (AvgIpc) is 3.17. The number of nitrogens with two attached hydrogens (primary N) is 1. The molecule has 2 aromatic rings. The third kappa shape index (κ3) is 2.45. The predicted octanol–water partition coefficient (Wildman–Crippen LogP) is 3.97. The van der Waals surface area contributed by atoms with Crippen LogP contribution in [0.15, 0.2) is 24.3 Å². The molecule has 1 aliphatic rings. The van der Waals surface area contributed by atoms with E-state index in [9.17, 15) is 0 Å². The number of nitrogen functional groups attached to an aromatic ring is 1. The first-order valence-corrected chi connectivity index (χ1v) is 7.49. The molecular weight excluding hydrogens is 246 g/mol. The molecule has 0 unspecified atom stereocenters. The molecule has 3 heteroatoms. The van der Waals surface area contributed by atoms with Crippen LogP contribution in [0.4, 0.5) is 5.82 Å². The average molecular weight is 269 g/mol. The SMILES string of the molecule is Cc1cccc(-c2nc(C3CC3)n(CC(C)C)c2N)c1. The zero-order chi connectivity index (χ0) is 14.3. The van der Waals surface area contributed by atoms with Crippen LogP contribution in [0.5, 0.6) is 0 Å². The maximum absolute atomic E-state index is 6.40. The molecule has 0 atom stereocenters. The van der Waals surface area contributed by atoms with Gasteiger partial charge in [0.2, 0.25) is 0 Å². The Morgan fingerprint density at radius 3 is 2.70 bits per heavy atom. The molecule has 0 radical (unpaired) electrons.